The van der Waals surface area contributed by atoms with E-state index in [0.29, 0.717) is 24.5 Å². The van der Waals surface area contributed by atoms with Crippen LogP contribution in [0.2, 0.25) is 0 Å². The number of H-pyrrole nitrogens is 1. The van der Waals surface area contributed by atoms with E-state index in [1.807, 2.05) is 24.3 Å². The zero-order valence-corrected chi connectivity index (χ0v) is 16.6. The predicted molar refractivity (Wildman–Crippen MR) is 118 cm³/mol. The van der Waals surface area contributed by atoms with E-state index in [2.05, 4.69) is 63.4 Å². The predicted octanol–water partition coefficient (Wildman–Crippen LogP) is 4.06. The SMILES string of the molecule is O=c1[nH]c(-c2ccccn2)nc2c1CCN(Cc1ccc(-c3ccccc3)cc1)C2. The van der Waals surface area contributed by atoms with E-state index in [1.165, 1.54) is 16.7 Å². The number of pyridine rings is 1. The standard InChI is InChI=1S/C25H22N4O/c30-25-21-13-15-29(17-23(21)27-24(28-25)22-8-4-5-14-26-22)16-18-9-11-20(12-10-18)19-6-2-1-3-7-19/h1-12,14H,13,15-17H2,(H,27,28,30). The second-order valence-electron chi connectivity index (χ2n) is 7.58. The molecule has 30 heavy (non-hydrogen) atoms. The Hall–Kier alpha value is -3.57. The molecule has 5 heteroatoms. The number of benzene rings is 2. The highest BCUT2D eigenvalue weighted by atomic mass is 16.1. The third kappa shape index (κ3) is 3.80. The van der Waals surface area contributed by atoms with Gasteiger partial charge in [-0.2, -0.15) is 0 Å². The van der Waals surface area contributed by atoms with Crippen LogP contribution >= 0.6 is 0 Å². The summed E-state index contributed by atoms with van der Waals surface area (Å²) in [5, 5.41) is 0. The van der Waals surface area contributed by atoms with Crippen LogP contribution in [-0.4, -0.2) is 26.4 Å². The molecule has 1 aliphatic rings. The lowest BCUT2D eigenvalue weighted by atomic mass is 10.0. The molecular formula is C25H22N4O. The Labute approximate surface area is 175 Å². The molecule has 1 N–H and O–H groups in total. The van der Waals surface area contributed by atoms with Gasteiger partial charge in [-0.25, -0.2) is 4.98 Å². The van der Waals surface area contributed by atoms with Crippen molar-refractivity contribution >= 4 is 0 Å². The van der Waals surface area contributed by atoms with Crippen molar-refractivity contribution in [2.24, 2.45) is 0 Å². The molecule has 0 radical (unpaired) electrons. The summed E-state index contributed by atoms with van der Waals surface area (Å²) < 4.78 is 0. The molecule has 0 atom stereocenters. The zero-order chi connectivity index (χ0) is 20.3. The van der Waals surface area contributed by atoms with Crippen molar-refractivity contribution < 1.29 is 0 Å². The maximum absolute atomic E-state index is 12.6. The molecule has 0 bridgehead atoms. The Bertz CT molecular complexity index is 1200. The molecule has 5 rings (SSSR count). The van der Waals surface area contributed by atoms with Crippen LogP contribution in [0.1, 0.15) is 16.8 Å². The van der Waals surface area contributed by atoms with Gasteiger partial charge in [-0.05, 0) is 35.2 Å². The number of fused-ring (bicyclic) bond motifs is 1. The van der Waals surface area contributed by atoms with E-state index in [9.17, 15) is 4.79 Å². The van der Waals surface area contributed by atoms with E-state index in [1.54, 1.807) is 6.20 Å². The fourth-order valence-corrected chi connectivity index (χ4v) is 3.94. The Kier molecular flexibility index (Phi) is 4.95. The number of hydrogen-bond acceptors (Lipinski definition) is 4. The van der Waals surface area contributed by atoms with E-state index >= 15 is 0 Å². The van der Waals surface area contributed by atoms with Crippen molar-refractivity contribution in [2.45, 2.75) is 19.5 Å². The topological polar surface area (TPSA) is 61.9 Å². The summed E-state index contributed by atoms with van der Waals surface area (Å²) in [5.74, 6) is 0.536. The highest BCUT2D eigenvalue weighted by Crippen LogP contribution is 2.22. The number of hydrogen-bond donors (Lipinski definition) is 1. The molecule has 5 nitrogen and oxygen atoms in total. The van der Waals surface area contributed by atoms with Crippen molar-refractivity contribution in [1.82, 2.24) is 19.9 Å². The Morgan fingerprint density at radius 3 is 2.43 bits per heavy atom. The molecule has 0 saturated heterocycles. The maximum Gasteiger partial charge on any atom is 0.254 e. The average Bonchev–Trinajstić information content (AvgIpc) is 2.80. The molecule has 1 aliphatic heterocycles. The lowest BCUT2D eigenvalue weighted by Crippen LogP contribution is -2.35. The second kappa shape index (κ2) is 8.05. The van der Waals surface area contributed by atoms with Gasteiger partial charge in [-0.15, -0.1) is 0 Å². The normalized spacial score (nSPS) is 13.7. The van der Waals surface area contributed by atoms with E-state index in [-0.39, 0.29) is 5.56 Å². The first-order valence-electron chi connectivity index (χ1n) is 10.2. The fourth-order valence-electron chi connectivity index (χ4n) is 3.94. The van der Waals surface area contributed by atoms with Gasteiger partial charge in [0.1, 0.15) is 5.69 Å². The molecule has 2 aromatic heterocycles. The first-order valence-corrected chi connectivity index (χ1v) is 10.2. The highest BCUT2D eigenvalue weighted by Gasteiger charge is 2.21. The molecule has 0 amide bonds. The third-order valence-electron chi connectivity index (χ3n) is 5.53. The van der Waals surface area contributed by atoms with Crippen molar-refractivity contribution in [3.05, 3.63) is 106 Å². The number of aromatic nitrogens is 3. The summed E-state index contributed by atoms with van der Waals surface area (Å²) in [6, 6.07) is 24.7. The number of nitrogens with one attached hydrogen (secondary N) is 1. The minimum Gasteiger partial charge on any atom is -0.305 e. The fraction of sp³-hybridized carbons (Fsp3) is 0.160. The molecular weight excluding hydrogens is 372 g/mol. The van der Waals surface area contributed by atoms with E-state index in [4.69, 9.17) is 4.98 Å². The minimum absolute atomic E-state index is 0.0486. The van der Waals surface area contributed by atoms with Gasteiger partial charge >= 0.3 is 0 Å². The third-order valence-corrected chi connectivity index (χ3v) is 5.53. The monoisotopic (exact) mass is 394 g/mol. The van der Waals surface area contributed by atoms with Gasteiger partial charge < -0.3 is 4.98 Å². The minimum atomic E-state index is -0.0486. The molecule has 0 aliphatic carbocycles. The van der Waals surface area contributed by atoms with E-state index in [0.717, 1.165) is 24.3 Å². The molecule has 148 valence electrons. The maximum atomic E-state index is 12.6. The molecule has 0 saturated carbocycles. The van der Waals surface area contributed by atoms with Crippen molar-refractivity contribution in [2.75, 3.05) is 6.54 Å². The molecule has 0 unspecified atom stereocenters. The van der Waals surface area contributed by atoms with Crippen LogP contribution in [-0.2, 0) is 19.5 Å². The van der Waals surface area contributed by atoms with Crippen LogP contribution in [0.25, 0.3) is 22.6 Å². The molecule has 0 spiro atoms. The summed E-state index contributed by atoms with van der Waals surface area (Å²) in [5.41, 5.74) is 5.99. The van der Waals surface area contributed by atoms with Gasteiger partial charge in [0.2, 0.25) is 0 Å². The lowest BCUT2D eigenvalue weighted by molar-refractivity contribution is 0.240. The van der Waals surface area contributed by atoms with Gasteiger partial charge in [0.05, 0.1) is 5.69 Å². The van der Waals surface area contributed by atoms with E-state index < -0.39 is 0 Å². The number of aromatic amines is 1. The molecule has 2 aromatic carbocycles. The van der Waals surface area contributed by atoms with Gasteiger partial charge in [0, 0.05) is 31.4 Å². The molecule has 4 aromatic rings. The molecule has 0 fully saturated rings. The summed E-state index contributed by atoms with van der Waals surface area (Å²) >= 11 is 0. The first-order chi connectivity index (χ1) is 14.8. The van der Waals surface area contributed by atoms with Crippen molar-refractivity contribution in [1.29, 1.82) is 0 Å². The smallest absolute Gasteiger partial charge is 0.254 e. The largest absolute Gasteiger partial charge is 0.305 e. The van der Waals surface area contributed by atoms with Gasteiger partial charge in [0.25, 0.3) is 5.56 Å². The summed E-state index contributed by atoms with van der Waals surface area (Å²) in [6.07, 6.45) is 2.42. The van der Waals surface area contributed by atoms with Gasteiger partial charge in [0.15, 0.2) is 5.82 Å². The van der Waals surface area contributed by atoms with Crippen molar-refractivity contribution in [3.8, 4) is 22.6 Å². The second-order valence-corrected chi connectivity index (χ2v) is 7.58. The first kappa shape index (κ1) is 18.5. The lowest BCUT2D eigenvalue weighted by Gasteiger charge is -2.27. The Balaban J connectivity index is 1.34. The van der Waals surface area contributed by atoms with Crippen LogP contribution < -0.4 is 5.56 Å². The Morgan fingerprint density at radius 1 is 0.900 bits per heavy atom. The highest BCUT2D eigenvalue weighted by molar-refractivity contribution is 5.63. The number of rotatable bonds is 4. The summed E-state index contributed by atoms with van der Waals surface area (Å²) in [4.78, 5) is 26.8. The summed E-state index contributed by atoms with van der Waals surface area (Å²) in [6.45, 7) is 2.35. The van der Waals surface area contributed by atoms with Crippen LogP contribution in [0.5, 0.6) is 0 Å². The van der Waals surface area contributed by atoms with Gasteiger partial charge in [-0.3, -0.25) is 14.7 Å². The summed E-state index contributed by atoms with van der Waals surface area (Å²) in [7, 11) is 0. The molecule has 3 heterocycles. The van der Waals surface area contributed by atoms with Crippen LogP contribution in [0.4, 0.5) is 0 Å². The van der Waals surface area contributed by atoms with Gasteiger partial charge in [-0.1, -0.05) is 60.7 Å². The van der Waals surface area contributed by atoms with Crippen LogP contribution in [0.15, 0.2) is 83.8 Å². The quantitative estimate of drug-likeness (QED) is 0.567. The van der Waals surface area contributed by atoms with Crippen LogP contribution in [0, 0.1) is 0 Å². The average molecular weight is 394 g/mol. The Morgan fingerprint density at radius 2 is 1.67 bits per heavy atom. The number of nitrogens with zero attached hydrogens (tertiary/aromatic N) is 3. The van der Waals surface area contributed by atoms with Crippen LogP contribution in [0.3, 0.4) is 0 Å². The zero-order valence-electron chi connectivity index (χ0n) is 16.6. The van der Waals surface area contributed by atoms with Crippen molar-refractivity contribution in [3.63, 3.8) is 0 Å².